The monoisotopic (exact) mass is 151 g/mol. The number of hydrogen-bond donors (Lipinski definition) is 0. The summed E-state index contributed by atoms with van der Waals surface area (Å²) in [5, 5.41) is 0. The molecule has 2 unspecified atom stereocenters. The molecular formula is C9H10FN. The van der Waals surface area contributed by atoms with E-state index in [2.05, 4.69) is 11.9 Å². The van der Waals surface area contributed by atoms with Gasteiger partial charge in [0.15, 0.2) is 0 Å². The number of pyridine rings is 1. The number of hydrogen-bond acceptors (Lipinski definition) is 1. The summed E-state index contributed by atoms with van der Waals surface area (Å²) in [5.74, 6) is 0.858. The molecule has 0 amide bonds. The van der Waals surface area contributed by atoms with Crippen molar-refractivity contribution in [1.29, 1.82) is 0 Å². The quantitative estimate of drug-likeness (QED) is 0.561. The Labute approximate surface area is 65.3 Å². The van der Waals surface area contributed by atoms with Crippen molar-refractivity contribution >= 4 is 0 Å². The molecule has 0 bridgehead atoms. The molecule has 1 saturated carbocycles. The fourth-order valence-corrected chi connectivity index (χ4v) is 1.36. The van der Waals surface area contributed by atoms with Gasteiger partial charge in [0.2, 0.25) is 5.95 Å². The highest BCUT2D eigenvalue weighted by molar-refractivity contribution is 5.17. The maximum absolute atomic E-state index is 12.6. The molecule has 0 spiro atoms. The van der Waals surface area contributed by atoms with Gasteiger partial charge in [-0.25, -0.2) is 4.98 Å². The van der Waals surface area contributed by atoms with E-state index >= 15 is 0 Å². The number of rotatable bonds is 1. The van der Waals surface area contributed by atoms with Crippen molar-refractivity contribution in [1.82, 2.24) is 4.98 Å². The van der Waals surface area contributed by atoms with Gasteiger partial charge in [0, 0.05) is 11.6 Å². The van der Waals surface area contributed by atoms with E-state index in [4.69, 9.17) is 0 Å². The van der Waals surface area contributed by atoms with Crippen LogP contribution < -0.4 is 0 Å². The van der Waals surface area contributed by atoms with Crippen LogP contribution in [-0.4, -0.2) is 4.98 Å². The Hall–Kier alpha value is -0.920. The molecule has 0 saturated heterocycles. The summed E-state index contributed by atoms with van der Waals surface area (Å²) in [6.07, 6.45) is 1.16. The van der Waals surface area contributed by atoms with Crippen molar-refractivity contribution in [3.8, 4) is 0 Å². The summed E-state index contributed by atoms with van der Waals surface area (Å²) >= 11 is 0. The van der Waals surface area contributed by atoms with E-state index in [-0.39, 0.29) is 5.95 Å². The summed E-state index contributed by atoms with van der Waals surface area (Å²) in [4.78, 5) is 3.82. The first-order valence-corrected chi connectivity index (χ1v) is 3.90. The lowest BCUT2D eigenvalue weighted by Crippen LogP contribution is -1.89. The molecule has 0 radical (unpaired) electrons. The summed E-state index contributed by atoms with van der Waals surface area (Å²) in [5.41, 5.74) is 0.914. The van der Waals surface area contributed by atoms with Crippen LogP contribution in [0.2, 0.25) is 0 Å². The first-order valence-electron chi connectivity index (χ1n) is 3.90. The van der Waals surface area contributed by atoms with Crippen molar-refractivity contribution in [3.05, 3.63) is 29.8 Å². The van der Waals surface area contributed by atoms with Crippen LogP contribution in [0.1, 0.15) is 25.0 Å². The molecule has 1 nitrogen and oxygen atoms in total. The molecule has 1 aromatic heterocycles. The predicted octanol–water partition coefficient (Wildman–Crippen LogP) is 2.34. The third-order valence-corrected chi connectivity index (χ3v) is 2.23. The molecule has 1 aliphatic rings. The fourth-order valence-electron chi connectivity index (χ4n) is 1.36. The van der Waals surface area contributed by atoms with Crippen LogP contribution in [0, 0.1) is 11.9 Å². The lowest BCUT2D eigenvalue weighted by atomic mass is 10.2. The van der Waals surface area contributed by atoms with E-state index in [9.17, 15) is 4.39 Å². The minimum absolute atomic E-state index is 0.360. The molecule has 1 heterocycles. The fraction of sp³-hybridized carbons (Fsp3) is 0.444. The van der Waals surface area contributed by atoms with E-state index in [1.165, 1.54) is 6.07 Å². The second-order valence-corrected chi connectivity index (χ2v) is 3.20. The molecule has 1 aromatic rings. The minimum Gasteiger partial charge on any atom is -0.225 e. The van der Waals surface area contributed by atoms with Crippen molar-refractivity contribution in [2.75, 3.05) is 0 Å². The van der Waals surface area contributed by atoms with Crippen LogP contribution in [0.5, 0.6) is 0 Å². The van der Waals surface area contributed by atoms with Crippen molar-refractivity contribution in [3.63, 3.8) is 0 Å². The second kappa shape index (κ2) is 2.29. The van der Waals surface area contributed by atoms with Crippen molar-refractivity contribution < 1.29 is 4.39 Å². The highest BCUT2D eigenvalue weighted by Gasteiger charge is 2.35. The van der Waals surface area contributed by atoms with E-state index in [1.807, 2.05) is 6.07 Å². The molecular weight excluding hydrogens is 141 g/mol. The predicted molar refractivity (Wildman–Crippen MR) is 40.7 cm³/mol. The Bertz CT molecular complexity index is 272. The van der Waals surface area contributed by atoms with Crippen LogP contribution >= 0.6 is 0 Å². The molecule has 2 heteroatoms. The Morgan fingerprint density at radius 1 is 1.55 bits per heavy atom. The van der Waals surface area contributed by atoms with Crippen LogP contribution in [-0.2, 0) is 0 Å². The first-order chi connectivity index (χ1) is 5.27. The molecule has 0 aliphatic heterocycles. The molecule has 2 rings (SSSR count). The highest BCUT2D eigenvalue weighted by Crippen LogP contribution is 2.45. The summed E-state index contributed by atoms with van der Waals surface area (Å²) in [7, 11) is 0. The number of aromatic nitrogens is 1. The van der Waals surface area contributed by atoms with Gasteiger partial charge in [0.25, 0.3) is 0 Å². The van der Waals surface area contributed by atoms with Crippen LogP contribution in [0.4, 0.5) is 4.39 Å². The SMILES string of the molecule is CC1CC1c1cccc(F)n1. The lowest BCUT2D eigenvalue weighted by Gasteiger charge is -1.95. The second-order valence-electron chi connectivity index (χ2n) is 3.20. The minimum atomic E-state index is -0.360. The van der Waals surface area contributed by atoms with Gasteiger partial charge in [-0.3, -0.25) is 0 Å². The Balaban J connectivity index is 2.25. The third kappa shape index (κ3) is 1.25. The largest absolute Gasteiger partial charge is 0.225 e. The van der Waals surface area contributed by atoms with E-state index in [0.717, 1.165) is 12.1 Å². The van der Waals surface area contributed by atoms with Crippen LogP contribution in [0.15, 0.2) is 18.2 Å². The van der Waals surface area contributed by atoms with Gasteiger partial charge in [-0.15, -0.1) is 0 Å². The van der Waals surface area contributed by atoms with Gasteiger partial charge in [-0.2, -0.15) is 4.39 Å². The van der Waals surface area contributed by atoms with E-state index < -0.39 is 0 Å². The molecule has 0 aromatic carbocycles. The van der Waals surface area contributed by atoms with Gasteiger partial charge >= 0.3 is 0 Å². The molecule has 2 atom stereocenters. The van der Waals surface area contributed by atoms with Crippen LogP contribution in [0.3, 0.4) is 0 Å². The van der Waals surface area contributed by atoms with Gasteiger partial charge in [0.05, 0.1) is 0 Å². The molecule has 1 fully saturated rings. The zero-order valence-electron chi connectivity index (χ0n) is 6.42. The topological polar surface area (TPSA) is 12.9 Å². The first kappa shape index (κ1) is 6.77. The molecule has 1 aliphatic carbocycles. The molecule has 11 heavy (non-hydrogen) atoms. The Morgan fingerprint density at radius 3 is 2.82 bits per heavy atom. The summed E-state index contributed by atoms with van der Waals surface area (Å²) in [6, 6.07) is 5.01. The van der Waals surface area contributed by atoms with Crippen molar-refractivity contribution in [2.45, 2.75) is 19.3 Å². The van der Waals surface area contributed by atoms with Gasteiger partial charge in [-0.05, 0) is 24.5 Å². The zero-order chi connectivity index (χ0) is 7.84. The average molecular weight is 151 g/mol. The van der Waals surface area contributed by atoms with Crippen molar-refractivity contribution in [2.24, 2.45) is 5.92 Å². The maximum atomic E-state index is 12.6. The van der Waals surface area contributed by atoms with Crippen LogP contribution in [0.25, 0.3) is 0 Å². The lowest BCUT2D eigenvalue weighted by molar-refractivity contribution is 0.575. The highest BCUT2D eigenvalue weighted by atomic mass is 19.1. The average Bonchev–Trinajstić information content (AvgIpc) is 2.67. The number of halogens is 1. The van der Waals surface area contributed by atoms with E-state index in [1.54, 1.807) is 6.07 Å². The Morgan fingerprint density at radius 2 is 2.27 bits per heavy atom. The van der Waals surface area contributed by atoms with Gasteiger partial charge in [-0.1, -0.05) is 13.0 Å². The Kier molecular flexibility index (Phi) is 1.41. The summed E-state index contributed by atoms with van der Waals surface area (Å²) < 4.78 is 12.6. The van der Waals surface area contributed by atoms with E-state index in [0.29, 0.717) is 11.8 Å². The standard InChI is InChI=1S/C9H10FN/c1-6-5-7(6)8-3-2-4-9(10)11-8/h2-4,6-7H,5H2,1H3. The van der Waals surface area contributed by atoms with Gasteiger partial charge < -0.3 is 0 Å². The smallest absolute Gasteiger partial charge is 0.213 e. The normalized spacial score (nSPS) is 28.5. The van der Waals surface area contributed by atoms with Gasteiger partial charge in [0.1, 0.15) is 0 Å². The zero-order valence-corrected chi connectivity index (χ0v) is 6.42. The third-order valence-electron chi connectivity index (χ3n) is 2.23. The molecule has 0 N–H and O–H groups in total. The maximum Gasteiger partial charge on any atom is 0.213 e. The number of nitrogens with zero attached hydrogens (tertiary/aromatic N) is 1. The molecule has 58 valence electrons. The summed E-state index contributed by atoms with van der Waals surface area (Å²) in [6.45, 7) is 2.16.